The third-order valence-corrected chi connectivity index (χ3v) is 4.11. The number of carbonyl (C=O) groups is 1. The molecule has 1 atom stereocenters. The maximum atomic E-state index is 12.2. The van der Waals surface area contributed by atoms with Crippen LogP contribution in [0.15, 0.2) is 23.2 Å². The fourth-order valence-corrected chi connectivity index (χ4v) is 3.19. The van der Waals surface area contributed by atoms with Gasteiger partial charge in [0.1, 0.15) is 11.6 Å². The number of nitrogens with one attached hydrogen (secondary N) is 1. The quantitative estimate of drug-likeness (QED) is 0.835. The first-order valence-corrected chi connectivity index (χ1v) is 7.19. The summed E-state index contributed by atoms with van der Waals surface area (Å²) in [6.45, 7) is 3.38. The van der Waals surface area contributed by atoms with Crippen LogP contribution in [0, 0.1) is 0 Å². The molecule has 4 rings (SSSR count). The normalized spacial score (nSPS) is 24.4. The van der Waals surface area contributed by atoms with Crippen LogP contribution in [0.4, 0.5) is 5.69 Å². The zero-order valence-electron chi connectivity index (χ0n) is 11.3. The Morgan fingerprint density at radius 2 is 2.35 bits per heavy atom. The lowest BCUT2D eigenvalue weighted by Crippen LogP contribution is -2.48. The van der Waals surface area contributed by atoms with Crippen LogP contribution in [0.1, 0.15) is 23.2 Å². The number of hydrogen-bond donors (Lipinski definition) is 1. The van der Waals surface area contributed by atoms with Crippen LogP contribution in [0.5, 0.6) is 5.75 Å². The van der Waals surface area contributed by atoms with Gasteiger partial charge in [0.25, 0.3) is 0 Å². The van der Waals surface area contributed by atoms with E-state index in [1.54, 1.807) is 0 Å². The van der Waals surface area contributed by atoms with Crippen molar-refractivity contribution in [2.75, 3.05) is 31.1 Å². The minimum atomic E-state index is -0.0477. The van der Waals surface area contributed by atoms with E-state index in [0.717, 1.165) is 55.4 Å². The molecule has 3 heterocycles. The Morgan fingerprint density at radius 3 is 3.20 bits per heavy atom. The summed E-state index contributed by atoms with van der Waals surface area (Å²) in [5.41, 5.74) is 1.78. The standard InChI is InChI=1S/C15H17N3O2/c19-11-4-2-8-18-9-13(15-16-6-7-17-15)20-12-5-1-3-10(11)14(12)18/h1,3,5,13H,2,4,6-9H2,(H,16,17). The molecule has 20 heavy (non-hydrogen) atoms. The molecule has 0 aliphatic carbocycles. The van der Waals surface area contributed by atoms with E-state index in [-0.39, 0.29) is 11.9 Å². The van der Waals surface area contributed by atoms with Crippen molar-refractivity contribution in [2.45, 2.75) is 18.9 Å². The van der Waals surface area contributed by atoms with Crippen molar-refractivity contribution in [3.63, 3.8) is 0 Å². The highest BCUT2D eigenvalue weighted by atomic mass is 16.5. The van der Waals surface area contributed by atoms with E-state index in [9.17, 15) is 4.79 Å². The summed E-state index contributed by atoms with van der Waals surface area (Å²) in [7, 11) is 0. The maximum absolute atomic E-state index is 12.2. The molecule has 3 aliphatic rings. The van der Waals surface area contributed by atoms with Crippen LogP contribution >= 0.6 is 0 Å². The number of Topliss-reactive ketones (excluding diaryl/α,β-unsaturated/α-hetero) is 1. The minimum absolute atomic E-state index is 0.0477. The van der Waals surface area contributed by atoms with E-state index in [2.05, 4.69) is 15.2 Å². The Hall–Kier alpha value is -2.04. The molecule has 0 radical (unpaired) electrons. The summed E-state index contributed by atoms with van der Waals surface area (Å²) in [5, 5.41) is 3.29. The summed E-state index contributed by atoms with van der Waals surface area (Å²) < 4.78 is 6.08. The largest absolute Gasteiger partial charge is 0.478 e. The fraction of sp³-hybridized carbons (Fsp3) is 0.467. The SMILES string of the molecule is O=C1CCCN2CC(C3=NCCN3)Oc3cccc1c32. The Bertz CT molecular complexity index is 597. The van der Waals surface area contributed by atoms with Crippen molar-refractivity contribution >= 4 is 17.3 Å². The fourth-order valence-electron chi connectivity index (χ4n) is 3.19. The number of amidine groups is 1. The number of carbonyl (C=O) groups excluding carboxylic acids is 1. The van der Waals surface area contributed by atoms with Gasteiger partial charge in [0.05, 0.1) is 18.8 Å². The first-order chi connectivity index (χ1) is 9.83. The van der Waals surface area contributed by atoms with Gasteiger partial charge in [-0.05, 0) is 18.6 Å². The Morgan fingerprint density at radius 1 is 1.40 bits per heavy atom. The molecule has 5 heteroatoms. The van der Waals surface area contributed by atoms with Gasteiger partial charge >= 0.3 is 0 Å². The number of hydrogen-bond acceptors (Lipinski definition) is 5. The number of aliphatic imine (C=N–C) groups is 1. The van der Waals surface area contributed by atoms with Gasteiger partial charge in [-0.3, -0.25) is 9.79 Å². The maximum Gasteiger partial charge on any atom is 0.173 e. The van der Waals surface area contributed by atoms with Crippen molar-refractivity contribution in [3.8, 4) is 5.75 Å². The molecular formula is C15H17N3O2. The molecule has 0 saturated heterocycles. The van der Waals surface area contributed by atoms with Gasteiger partial charge < -0.3 is 15.0 Å². The van der Waals surface area contributed by atoms with E-state index < -0.39 is 0 Å². The van der Waals surface area contributed by atoms with Crippen molar-refractivity contribution in [2.24, 2.45) is 4.99 Å². The topological polar surface area (TPSA) is 53.9 Å². The zero-order valence-corrected chi connectivity index (χ0v) is 11.3. The monoisotopic (exact) mass is 271 g/mol. The van der Waals surface area contributed by atoms with Crippen LogP contribution in [-0.4, -0.2) is 43.9 Å². The summed E-state index contributed by atoms with van der Waals surface area (Å²) in [4.78, 5) is 18.9. The molecule has 1 aromatic carbocycles. The summed E-state index contributed by atoms with van der Waals surface area (Å²) >= 11 is 0. The second-order valence-electron chi connectivity index (χ2n) is 5.43. The van der Waals surface area contributed by atoms with Gasteiger partial charge in [0, 0.05) is 25.1 Å². The Labute approximate surface area is 117 Å². The lowest BCUT2D eigenvalue weighted by atomic mass is 10.0. The van der Waals surface area contributed by atoms with Crippen molar-refractivity contribution in [3.05, 3.63) is 23.8 Å². The summed E-state index contributed by atoms with van der Waals surface area (Å²) in [5.74, 6) is 1.98. The minimum Gasteiger partial charge on any atom is -0.478 e. The average molecular weight is 271 g/mol. The van der Waals surface area contributed by atoms with Crippen LogP contribution in [0.2, 0.25) is 0 Å². The molecule has 0 spiro atoms. The number of anilines is 1. The zero-order chi connectivity index (χ0) is 13.5. The average Bonchev–Trinajstić information content (AvgIpc) is 2.95. The first-order valence-electron chi connectivity index (χ1n) is 7.19. The van der Waals surface area contributed by atoms with E-state index in [4.69, 9.17) is 4.74 Å². The molecule has 3 aliphatic heterocycles. The van der Waals surface area contributed by atoms with Gasteiger partial charge in [-0.15, -0.1) is 0 Å². The molecule has 1 aromatic rings. The van der Waals surface area contributed by atoms with Crippen LogP contribution in [0.3, 0.4) is 0 Å². The molecule has 5 nitrogen and oxygen atoms in total. The lowest BCUT2D eigenvalue weighted by Gasteiger charge is -2.36. The Kier molecular flexibility index (Phi) is 2.65. The van der Waals surface area contributed by atoms with E-state index in [1.165, 1.54) is 0 Å². The lowest BCUT2D eigenvalue weighted by molar-refractivity contribution is 0.0983. The molecule has 0 fully saturated rings. The third kappa shape index (κ3) is 1.77. The van der Waals surface area contributed by atoms with Crippen LogP contribution < -0.4 is 15.0 Å². The van der Waals surface area contributed by atoms with Crippen molar-refractivity contribution < 1.29 is 9.53 Å². The van der Waals surface area contributed by atoms with E-state index in [0.29, 0.717) is 6.42 Å². The van der Waals surface area contributed by atoms with Crippen LogP contribution in [0.25, 0.3) is 0 Å². The second-order valence-corrected chi connectivity index (χ2v) is 5.43. The Balaban J connectivity index is 1.76. The number of benzene rings is 1. The molecule has 0 saturated carbocycles. The van der Waals surface area contributed by atoms with Crippen molar-refractivity contribution in [1.29, 1.82) is 0 Å². The highest BCUT2D eigenvalue weighted by Gasteiger charge is 2.34. The van der Waals surface area contributed by atoms with Gasteiger partial charge in [-0.2, -0.15) is 0 Å². The molecule has 1 N–H and O–H groups in total. The molecule has 104 valence electrons. The van der Waals surface area contributed by atoms with E-state index in [1.807, 2.05) is 18.2 Å². The smallest absolute Gasteiger partial charge is 0.173 e. The highest BCUT2D eigenvalue weighted by molar-refractivity contribution is 6.04. The summed E-state index contributed by atoms with van der Waals surface area (Å²) in [6, 6.07) is 5.77. The molecule has 0 amide bonds. The third-order valence-electron chi connectivity index (χ3n) is 4.11. The summed E-state index contributed by atoms with van der Waals surface area (Å²) in [6.07, 6.45) is 1.48. The predicted octanol–water partition coefficient (Wildman–Crippen LogP) is 1.23. The number of ketones is 1. The first kappa shape index (κ1) is 11.8. The number of rotatable bonds is 1. The van der Waals surface area contributed by atoms with Gasteiger partial charge in [0.15, 0.2) is 11.9 Å². The molecule has 0 bridgehead atoms. The van der Waals surface area contributed by atoms with Crippen LogP contribution in [-0.2, 0) is 0 Å². The second kappa shape index (κ2) is 4.51. The van der Waals surface area contributed by atoms with Gasteiger partial charge in [0.2, 0.25) is 0 Å². The van der Waals surface area contributed by atoms with Crippen molar-refractivity contribution in [1.82, 2.24) is 5.32 Å². The number of ether oxygens (including phenoxy) is 1. The van der Waals surface area contributed by atoms with Gasteiger partial charge in [-0.25, -0.2) is 0 Å². The predicted molar refractivity (Wildman–Crippen MR) is 76.9 cm³/mol. The molecule has 0 aromatic heterocycles. The molecule has 1 unspecified atom stereocenters. The highest BCUT2D eigenvalue weighted by Crippen LogP contribution is 2.39. The molecular weight excluding hydrogens is 254 g/mol. The number of nitrogens with zero attached hydrogens (tertiary/aromatic N) is 2. The number of para-hydroxylation sites is 1. The van der Waals surface area contributed by atoms with E-state index >= 15 is 0 Å². The van der Waals surface area contributed by atoms with Gasteiger partial charge in [-0.1, -0.05) is 6.07 Å².